The van der Waals surface area contributed by atoms with Crippen molar-refractivity contribution < 1.29 is 14.3 Å². The molecule has 0 aromatic heterocycles. The highest BCUT2D eigenvalue weighted by Gasteiger charge is 2.26. The van der Waals surface area contributed by atoms with E-state index in [0.717, 1.165) is 0 Å². The molecule has 0 atom stereocenters. The molecular formula is C10H16O3. The van der Waals surface area contributed by atoms with E-state index in [0.29, 0.717) is 12.0 Å². The topological polar surface area (TPSA) is 43.4 Å². The van der Waals surface area contributed by atoms with Crippen molar-refractivity contribution in [2.45, 2.75) is 34.1 Å². The Bertz CT molecular complexity index is 233. The third kappa shape index (κ3) is 3.87. The predicted molar refractivity (Wildman–Crippen MR) is 50.0 cm³/mol. The first kappa shape index (κ1) is 11.9. The van der Waals surface area contributed by atoms with E-state index >= 15 is 0 Å². The van der Waals surface area contributed by atoms with Crippen molar-refractivity contribution in [3.8, 4) is 0 Å². The Morgan fingerprint density at radius 2 is 1.77 bits per heavy atom. The van der Waals surface area contributed by atoms with Crippen molar-refractivity contribution in [1.29, 1.82) is 0 Å². The summed E-state index contributed by atoms with van der Waals surface area (Å²) in [6.07, 6.45) is 0.496. The molecule has 0 amide bonds. The highest BCUT2D eigenvalue weighted by molar-refractivity contribution is 5.96. The highest BCUT2D eigenvalue weighted by atomic mass is 16.6. The van der Waals surface area contributed by atoms with Crippen LogP contribution in [0.5, 0.6) is 0 Å². The minimum Gasteiger partial charge on any atom is -0.389 e. The first-order chi connectivity index (χ1) is 5.79. The van der Waals surface area contributed by atoms with Crippen LogP contribution in [0.15, 0.2) is 12.2 Å². The van der Waals surface area contributed by atoms with Gasteiger partial charge in [-0.1, -0.05) is 13.5 Å². The van der Waals surface area contributed by atoms with E-state index in [1.54, 1.807) is 27.7 Å². The minimum atomic E-state index is -0.649. The molecule has 0 rings (SSSR count). The summed E-state index contributed by atoms with van der Waals surface area (Å²) in [6.45, 7) is 10.3. The Balaban J connectivity index is 4.24. The molecule has 0 bridgehead atoms. The van der Waals surface area contributed by atoms with Gasteiger partial charge in [-0.05, 0) is 27.2 Å². The average molecular weight is 184 g/mol. The number of esters is 2. The first-order valence-electron chi connectivity index (χ1n) is 4.23. The average Bonchev–Trinajstić information content (AvgIpc) is 2.01. The number of hydrogen-bond donors (Lipinski definition) is 0. The monoisotopic (exact) mass is 184 g/mol. The number of ether oxygens (including phenoxy) is 1. The van der Waals surface area contributed by atoms with E-state index in [2.05, 4.69) is 11.3 Å². The number of hydrogen-bond acceptors (Lipinski definition) is 3. The molecule has 0 aliphatic carbocycles. The van der Waals surface area contributed by atoms with Gasteiger partial charge in [0.25, 0.3) is 0 Å². The molecule has 3 nitrogen and oxygen atoms in total. The molecule has 0 N–H and O–H groups in total. The molecule has 0 aromatic rings. The number of carbonyl (C=O) groups is 2. The standard InChI is InChI=1S/C10H16O3/c1-6-7(2)8(11)13-9(12)10(3,4)5/h2,6H2,1,3-5H3. The molecule has 0 heterocycles. The summed E-state index contributed by atoms with van der Waals surface area (Å²) in [5, 5.41) is 0. The quantitative estimate of drug-likeness (QED) is 0.375. The number of carbonyl (C=O) groups excluding carboxylic acids is 2. The smallest absolute Gasteiger partial charge is 0.341 e. The van der Waals surface area contributed by atoms with E-state index < -0.39 is 17.4 Å². The zero-order valence-electron chi connectivity index (χ0n) is 8.64. The van der Waals surface area contributed by atoms with Crippen molar-refractivity contribution in [3.05, 3.63) is 12.2 Å². The van der Waals surface area contributed by atoms with Crippen molar-refractivity contribution >= 4 is 11.9 Å². The summed E-state index contributed by atoms with van der Waals surface area (Å²) in [6, 6.07) is 0. The van der Waals surface area contributed by atoms with Crippen LogP contribution in [-0.2, 0) is 14.3 Å². The zero-order chi connectivity index (χ0) is 10.6. The molecule has 13 heavy (non-hydrogen) atoms. The third-order valence-electron chi connectivity index (χ3n) is 1.51. The van der Waals surface area contributed by atoms with Gasteiger partial charge in [0.2, 0.25) is 0 Å². The summed E-state index contributed by atoms with van der Waals surface area (Å²) in [5.41, 5.74) is -0.332. The molecule has 74 valence electrons. The third-order valence-corrected chi connectivity index (χ3v) is 1.51. The lowest BCUT2D eigenvalue weighted by molar-refractivity contribution is -0.163. The largest absolute Gasteiger partial charge is 0.389 e. The van der Waals surface area contributed by atoms with Crippen LogP contribution in [0.2, 0.25) is 0 Å². The molecular weight excluding hydrogens is 168 g/mol. The summed E-state index contributed by atoms with van der Waals surface area (Å²) in [4.78, 5) is 22.3. The SMILES string of the molecule is C=C(CC)C(=O)OC(=O)C(C)(C)C. The van der Waals surface area contributed by atoms with Gasteiger partial charge in [-0.2, -0.15) is 0 Å². The van der Waals surface area contributed by atoms with Crippen molar-refractivity contribution in [3.63, 3.8) is 0 Å². The lowest BCUT2D eigenvalue weighted by atomic mass is 9.97. The lowest BCUT2D eigenvalue weighted by Gasteiger charge is -2.15. The molecule has 3 heteroatoms. The number of rotatable bonds is 2. The molecule has 0 radical (unpaired) electrons. The molecule has 0 saturated carbocycles. The Morgan fingerprint density at radius 3 is 2.08 bits per heavy atom. The second-order valence-electron chi connectivity index (χ2n) is 3.88. The van der Waals surface area contributed by atoms with Gasteiger partial charge in [0, 0.05) is 5.57 Å². The van der Waals surface area contributed by atoms with E-state index in [-0.39, 0.29) is 0 Å². The zero-order valence-corrected chi connectivity index (χ0v) is 8.64. The first-order valence-corrected chi connectivity index (χ1v) is 4.23. The normalized spacial score (nSPS) is 10.8. The Kier molecular flexibility index (Phi) is 3.85. The van der Waals surface area contributed by atoms with Crippen LogP contribution in [0.1, 0.15) is 34.1 Å². The molecule has 0 saturated heterocycles. The van der Waals surface area contributed by atoms with Crippen molar-refractivity contribution in [2.24, 2.45) is 5.41 Å². The Labute approximate surface area is 78.8 Å². The van der Waals surface area contributed by atoms with Gasteiger partial charge in [-0.3, -0.25) is 4.79 Å². The maximum absolute atomic E-state index is 11.2. The van der Waals surface area contributed by atoms with Gasteiger partial charge in [0.05, 0.1) is 5.41 Å². The fourth-order valence-corrected chi connectivity index (χ4v) is 0.454. The van der Waals surface area contributed by atoms with E-state index in [4.69, 9.17) is 0 Å². The van der Waals surface area contributed by atoms with Crippen LogP contribution in [0.25, 0.3) is 0 Å². The summed E-state index contributed by atoms with van der Waals surface area (Å²) < 4.78 is 4.59. The summed E-state index contributed by atoms with van der Waals surface area (Å²) in [7, 11) is 0. The lowest BCUT2D eigenvalue weighted by Crippen LogP contribution is -2.26. The minimum absolute atomic E-state index is 0.317. The maximum atomic E-state index is 11.2. The molecule has 0 aromatic carbocycles. The van der Waals surface area contributed by atoms with Crippen LogP contribution < -0.4 is 0 Å². The summed E-state index contributed by atoms with van der Waals surface area (Å²) >= 11 is 0. The van der Waals surface area contributed by atoms with E-state index in [1.807, 2.05) is 0 Å². The Morgan fingerprint density at radius 1 is 1.31 bits per heavy atom. The van der Waals surface area contributed by atoms with Crippen LogP contribution >= 0.6 is 0 Å². The van der Waals surface area contributed by atoms with Crippen LogP contribution in [-0.4, -0.2) is 11.9 Å². The van der Waals surface area contributed by atoms with Crippen LogP contribution in [0, 0.1) is 5.41 Å². The van der Waals surface area contributed by atoms with Crippen LogP contribution in [0.4, 0.5) is 0 Å². The second-order valence-corrected chi connectivity index (χ2v) is 3.88. The predicted octanol–water partition coefficient (Wildman–Crippen LogP) is 2.07. The fraction of sp³-hybridized carbons (Fsp3) is 0.600. The molecule has 0 aliphatic heterocycles. The molecule has 0 spiro atoms. The van der Waals surface area contributed by atoms with Crippen LogP contribution in [0.3, 0.4) is 0 Å². The van der Waals surface area contributed by atoms with Gasteiger partial charge in [0.15, 0.2) is 0 Å². The molecule has 0 fully saturated rings. The van der Waals surface area contributed by atoms with Crippen molar-refractivity contribution in [2.75, 3.05) is 0 Å². The summed E-state index contributed by atoms with van der Waals surface area (Å²) in [5.74, 6) is -1.14. The Hall–Kier alpha value is -1.12. The van der Waals surface area contributed by atoms with E-state index in [1.165, 1.54) is 0 Å². The highest BCUT2D eigenvalue weighted by Crippen LogP contribution is 2.16. The van der Waals surface area contributed by atoms with Gasteiger partial charge in [0.1, 0.15) is 0 Å². The molecule has 0 unspecified atom stereocenters. The fourth-order valence-electron chi connectivity index (χ4n) is 0.454. The van der Waals surface area contributed by atoms with Gasteiger partial charge in [-0.15, -0.1) is 0 Å². The van der Waals surface area contributed by atoms with Gasteiger partial charge < -0.3 is 4.74 Å². The van der Waals surface area contributed by atoms with E-state index in [9.17, 15) is 9.59 Å². The van der Waals surface area contributed by atoms with Crippen molar-refractivity contribution in [1.82, 2.24) is 0 Å². The van der Waals surface area contributed by atoms with Gasteiger partial charge >= 0.3 is 11.9 Å². The molecule has 0 aliphatic rings. The maximum Gasteiger partial charge on any atom is 0.341 e. The second kappa shape index (κ2) is 4.21. The van der Waals surface area contributed by atoms with Gasteiger partial charge in [-0.25, -0.2) is 4.79 Å².